The maximum atomic E-state index is 13.3. The second-order valence-electron chi connectivity index (χ2n) is 6.11. The highest BCUT2D eigenvalue weighted by Gasteiger charge is 2.34. The molecule has 0 unspecified atom stereocenters. The first-order valence-corrected chi connectivity index (χ1v) is 9.01. The molecule has 0 atom stereocenters. The molecule has 1 aliphatic rings. The maximum absolute atomic E-state index is 13.3. The molecule has 2 aromatic carbocycles. The summed E-state index contributed by atoms with van der Waals surface area (Å²) in [5.74, 6) is -0.380. The predicted octanol–water partition coefficient (Wildman–Crippen LogP) is 3.82. The third kappa shape index (κ3) is 4.66. The fourth-order valence-electron chi connectivity index (χ4n) is 3.04. The molecular weight excluding hydrogens is 387 g/mol. The summed E-state index contributed by atoms with van der Waals surface area (Å²) in [6.07, 6.45) is 1.48. The second kappa shape index (κ2) is 8.08. The smallest absolute Gasteiger partial charge is 0.238 e. The minimum atomic E-state index is -0.372. The van der Waals surface area contributed by atoms with Crippen molar-refractivity contribution >= 4 is 27.5 Å². The number of halogens is 2. The normalized spacial score (nSPS) is 16.4. The molecule has 1 heterocycles. The van der Waals surface area contributed by atoms with Crippen LogP contribution >= 0.6 is 15.9 Å². The van der Waals surface area contributed by atoms with E-state index in [0.717, 1.165) is 28.6 Å². The fourth-order valence-corrected chi connectivity index (χ4v) is 3.31. The third-order valence-corrected chi connectivity index (χ3v) is 4.99. The lowest BCUT2D eigenvalue weighted by atomic mass is 9.82. The van der Waals surface area contributed by atoms with Crippen molar-refractivity contribution in [1.29, 1.82) is 0 Å². The molecule has 4 nitrogen and oxygen atoms in total. The van der Waals surface area contributed by atoms with E-state index in [4.69, 9.17) is 4.74 Å². The van der Waals surface area contributed by atoms with Crippen molar-refractivity contribution in [2.24, 2.45) is 0 Å². The van der Waals surface area contributed by atoms with Crippen LogP contribution in [0.4, 0.5) is 10.1 Å². The summed E-state index contributed by atoms with van der Waals surface area (Å²) in [6.45, 7) is 1.39. The van der Waals surface area contributed by atoms with E-state index >= 15 is 0 Å². The average molecular weight is 407 g/mol. The number of nitrogens with one attached hydrogen (secondary N) is 2. The summed E-state index contributed by atoms with van der Waals surface area (Å²) >= 11 is 3.37. The van der Waals surface area contributed by atoms with Crippen molar-refractivity contribution in [1.82, 2.24) is 5.32 Å². The lowest BCUT2D eigenvalue weighted by Crippen LogP contribution is -2.49. The number of amides is 1. The van der Waals surface area contributed by atoms with Gasteiger partial charge in [-0.1, -0.05) is 28.1 Å². The predicted molar refractivity (Wildman–Crippen MR) is 98.9 cm³/mol. The number of carbonyl (C=O) groups is 1. The Balaban J connectivity index is 1.67. The van der Waals surface area contributed by atoms with Gasteiger partial charge >= 0.3 is 0 Å². The quantitative estimate of drug-likeness (QED) is 0.793. The maximum Gasteiger partial charge on any atom is 0.238 e. The van der Waals surface area contributed by atoms with E-state index in [2.05, 4.69) is 26.6 Å². The van der Waals surface area contributed by atoms with Gasteiger partial charge in [-0.15, -0.1) is 0 Å². The molecule has 0 aliphatic carbocycles. The topological polar surface area (TPSA) is 50.4 Å². The van der Waals surface area contributed by atoms with Crippen LogP contribution < -0.4 is 10.6 Å². The molecule has 1 aliphatic heterocycles. The molecule has 0 bridgehead atoms. The van der Waals surface area contributed by atoms with E-state index in [-0.39, 0.29) is 23.8 Å². The van der Waals surface area contributed by atoms with E-state index in [0.29, 0.717) is 13.2 Å². The average Bonchev–Trinajstić information content (AvgIpc) is 2.63. The zero-order valence-electron chi connectivity index (χ0n) is 13.7. The molecular formula is C19H20BrFN2O2. The first-order valence-electron chi connectivity index (χ1n) is 8.22. The number of rotatable bonds is 5. The lowest BCUT2D eigenvalue weighted by Gasteiger charge is -2.38. The summed E-state index contributed by atoms with van der Waals surface area (Å²) in [4.78, 5) is 12.3. The monoisotopic (exact) mass is 406 g/mol. The van der Waals surface area contributed by atoms with Crippen LogP contribution in [0.2, 0.25) is 0 Å². The Kier molecular flexibility index (Phi) is 5.83. The molecule has 0 radical (unpaired) electrons. The van der Waals surface area contributed by atoms with Crippen molar-refractivity contribution < 1.29 is 13.9 Å². The first-order chi connectivity index (χ1) is 12.1. The Labute approximate surface area is 154 Å². The number of anilines is 1. The molecule has 2 N–H and O–H groups in total. The van der Waals surface area contributed by atoms with Gasteiger partial charge in [0.25, 0.3) is 0 Å². The first kappa shape index (κ1) is 18.0. The van der Waals surface area contributed by atoms with Gasteiger partial charge in [-0.3, -0.25) is 10.1 Å². The van der Waals surface area contributed by atoms with Crippen molar-refractivity contribution in [3.8, 4) is 0 Å². The van der Waals surface area contributed by atoms with Crippen LogP contribution in [0.5, 0.6) is 0 Å². The molecule has 1 amide bonds. The summed E-state index contributed by atoms with van der Waals surface area (Å²) in [5, 5.41) is 6.25. The minimum Gasteiger partial charge on any atom is -0.381 e. The summed E-state index contributed by atoms with van der Waals surface area (Å²) in [6, 6.07) is 13.9. The molecule has 25 heavy (non-hydrogen) atoms. The van der Waals surface area contributed by atoms with Crippen LogP contribution in [0, 0.1) is 5.82 Å². The third-order valence-electron chi connectivity index (χ3n) is 4.46. The Morgan fingerprint density at radius 1 is 1.08 bits per heavy atom. The zero-order chi connectivity index (χ0) is 17.7. The molecule has 132 valence electrons. The lowest BCUT2D eigenvalue weighted by molar-refractivity contribution is -0.116. The van der Waals surface area contributed by atoms with Crippen molar-refractivity contribution in [2.75, 3.05) is 25.1 Å². The zero-order valence-corrected chi connectivity index (χ0v) is 15.3. The Bertz CT molecular complexity index is 713. The summed E-state index contributed by atoms with van der Waals surface area (Å²) in [7, 11) is 0. The van der Waals surface area contributed by atoms with E-state index in [1.807, 2.05) is 24.3 Å². The van der Waals surface area contributed by atoms with Gasteiger partial charge in [0.1, 0.15) is 5.82 Å². The van der Waals surface area contributed by atoms with Gasteiger partial charge in [0.05, 0.1) is 6.54 Å². The summed E-state index contributed by atoms with van der Waals surface area (Å²) in [5.41, 5.74) is 1.36. The van der Waals surface area contributed by atoms with Gasteiger partial charge in [0.15, 0.2) is 0 Å². The minimum absolute atomic E-state index is 0.115. The van der Waals surface area contributed by atoms with Crippen LogP contribution in [0.3, 0.4) is 0 Å². The van der Waals surface area contributed by atoms with Gasteiger partial charge in [-0.05, 0) is 54.8 Å². The van der Waals surface area contributed by atoms with Crippen LogP contribution in [0.15, 0.2) is 53.0 Å². The number of benzene rings is 2. The second-order valence-corrected chi connectivity index (χ2v) is 7.03. The van der Waals surface area contributed by atoms with E-state index in [1.165, 1.54) is 12.1 Å². The Hall–Kier alpha value is -1.76. The molecule has 0 saturated carbocycles. The van der Waals surface area contributed by atoms with E-state index in [1.54, 1.807) is 12.1 Å². The highest BCUT2D eigenvalue weighted by Crippen LogP contribution is 2.32. The standard InChI is InChI=1S/C19H20BrFN2O2/c20-15-3-7-17(8-4-15)23-18(24)13-22-19(9-11-25-12-10-19)14-1-5-16(21)6-2-14/h1-8,22H,9-13H2,(H,23,24). The molecule has 1 fully saturated rings. The van der Waals surface area contributed by atoms with Crippen LogP contribution in [-0.4, -0.2) is 25.7 Å². The van der Waals surface area contributed by atoms with Crippen molar-refractivity contribution in [2.45, 2.75) is 18.4 Å². The van der Waals surface area contributed by atoms with Gasteiger partial charge in [-0.2, -0.15) is 0 Å². The largest absolute Gasteiger partial charge is 0.381 e. The molecule has 3 rings (SSSR count). The number of carbonyl (C=O) groups excluding carboxylic acids is 1. The van der Waals surface area contributed by atoms with Gasteiger partial charge in [-0.25, -0.2) is 4.39 Å². The SMILES string of the molecule is O=C(CNC1(c2ccc(F)cc2)CCOCC1)Nc1ccc(Br)cc1. The fraction of sp³-hybridized carbons (Fsp3) is 0.316. The highest BCUT2D eigenvalue weighted by atomic mass is 79.9. The number of ether oxygens (including phenoxy) is 1. The number of hydrogen-bond donors (Lipinski definition) is 2. The molecule has 0 spiro atoms. The van der Waals surface area contributed by atoms with Crippen molar-refractivity contribution in [3.05, 3.63) is 64.4 Å². The van der Waals surface area contributed by atoms with Gasteiger partial charge < -0.3 is 10.1 Å². The van der Waals surface area contributed by atoms with E-state index in [9.17, 15) is 9.18 Å². The van der Waals surface area contributed by atoms with E-state index < -0.39 is 0 Å². The van der Waals surface area contributed by atoms with Gasteiger partial charge in [0.2, 0.25) is 5.91 Å². The van der Waals surface area contributed by atoms with Crippen LogP contribution in [-0.2, 0) is 15.1 Å². The van der Waals surface area contributed by atoms with Crippen molar-refractivity contribution in [3.63, 3.8) is 0 Å². The molecule has 1 saturated heterocycles. The van der Waals surface area contributed by atoms with Crippen LogP contribution in [0.1, 0.15) is 18.4 Å². The number of hydrogen-bond acceptors (Lipinski definition) is 3. The van der Waals surface area contributed by atoms with Gasteiger partial charge in [0, 0.05) is 28.9 Å². The summed E-state index contributed by atoms with van der Waals surface area (Å²) < 4.78 is 19.7. The molecule has 6 heteroatoms. The molecule has 2 aromatic rings. The Morgan fingerprint density at radius 2 is 1.72 bits per heavy atom. The molecule has 0 aromatic heterocycles. The highest BCUT2D eigenvalue weighted by molar-refractivity contribution is 9.10. The Morgan fingerprint density at radius 3 is 2.36 bits per heavy atom. The van der Waals surface area contributed by atoms with Crippen LogP contribution in [0.25, 0.3) is 0 Å².